The van der Waals surface area contributed by atoms with Gasteiger partial charge in [0.2, 0.25) is 11.8 Å². The summed E-state index contributed by atoms with van der Waals surface area (Å²) in [4.78, 5) is 60.5. The quantitative estimate of drug-likeness (QED) is 0.193. The Hall–Kier alpha value is -2.80. The van der Waals surface area contributed by atoms with Gasteiger partial charge in [0.1, 0.15) is 12.1 Å². The van der Waals surface area contributed by atoms with Crippen LogP contribution in [-0.4, -0.2) is 45.7 Å². The molecular weight excluding hydrogens is 830 g/mol. The SMILES string of the molecule is O=C1C2C(C(=O)N1c1cc(Cl)cc(Cl)c1)N1C(c3ccc(Br)cc3)C3C(=O)N(c4cc(Cl)cc(Cl)c4)C(=O)C3N1C2c1ccc(Br)cc1. The lowest BCUT2D eigenvalue weighted by Crippen LogP contribution is -2.50. The third-order valence-corrected chi connectivity index (χ3v) is 11.3. The Kier molecular flexibility index (Phi) is 8.05. The predicted octanol–water partition coefficient (Wildman–Crippen LogP) is 8.27. The maximum atomic E-state index is 14.6. The largest absolute Gasteiger partial charge is 0.274 e. The summed E-state index contributed by atoms with van der Waals surface area (Å²) in [6.07, 6.45) is 0. The molecule has 8 nitrogen and oxygen atoms in total. The number of hydrogen-bond donors (Lipinski definition) is 0. The normalized spacial score (nSPS) is 26.9. The fraction of sp³-hybridized carbons (Fsp3) is 0.176. The van der Waals surface area contributed by atoms with E-state index in [4.69, 9.17) is 46.4 Å². The molecule has 4 aromatic rings. The first-order valence-corrected chi connectivity index (χ1v) is 17.8. The highest BCUT2D eigenvalue weighted by atomic mass is 79.9. The molecule has 4 heterocycles. The second-order valence-corrected chi connectivity index (χ2v) is 15.6. The van der Waals surface area contributed by atoms with E-state index in [0.29, 0.717) is 11.1 Å². The molecule has 4 fully saturated rings. The van der Waals surface area contributed by atoms with Gasteiger partial charge in [-0.05, 0) is 71.8 Å². The van der Waals surface area contributed by atoms with Crippen molar-refractivity contribution in [2.45, 2.75) is 24.2 Å². The number of imide groups is 2. The van der Waals surface area contributed by atoms with Gasteiger partial charge in [-0.3, -0.25) is 19.2 Å². The first-order valence-electron chi connectivity index (χ1n) is 14.7. The number of carbonyl (C=O) groups is 4. The minimum atomic E-state index is -1.04. The fourth-order valence-corrected chi connectivity index (χ4v) is 9.22. The van der Waals surface area contributed by atoms with Crippen LogP contribution in [-0.2, 0) is 19.2 Å². The summed E-state index contributed by atoms with van der Waals surface area (Å²) < 4.78 is 1.62. The van der Waals surface area contributed by atoms with E-state index < -0.39 is 59.6 Å². The lowest BCUT2D eigenvalue weighted by atomic mass is 9.84. The number of fused-ring (bicyclic) bond motifs is 5. The zero-order valence-electron chi connectivity index (χ0n) is 24.2. The first kappa shape index (κ1) is 32.4. The molecule has 8 rings (SSSR count). The van der Waals surface area contributed by atoms with E-state index in [-0.39, 0.29) is 31.5 Å². The molecule has 4 aliphatic rings. The van der Waals surface area contributed by atoms with Crippen molar-refractivity contribution in [3.63, 3.8) is 0 Å². The summed E-state index contributed by atoms with van der Waals surface area (Å²) in [6.45, 7) is 0. The monoisotopic (exact) mass is 846 g/mol. The minimum Gasteiger partial charge on any atom is -0.274 e. The van der Waals surface area contributed by atoms with Gasteiger partial charge in [0.15, 0.2) is 0 Å². The van der Waals surface area contributed by atoms with Gasteiger partial charge in [0.05, 0.1) is 35.3 Å². The topological polar surface area (TPSA) is 81.2 Å². The van der Waals surface area contributed by atoms with Crippen molar-refractivity contribution < 1.29 is 19.2 Å². The Labute approximate surface area is 311 Å². The summed E-state index contributed by atoms with van der Waals surface area (Å²) >= 11 is 32.2. The van der Waals surface area contributed by atoms with Crippen LogP contribution < -0.4 is 9.80 Å². The highest BCUT2D eigenvalue weighted by Gasteiger charge is 2.73. The second kappa shape index (κ2) is 11.9. The number of hydrogen-bond acceptors (Lipinski definition) is 6. The Morgan fingerprint density at radius 1 is 0.438 bits per heavy atom. The molecule has 4 aromatic carbocycles. The van der Waals surface area contributed by atoms with Crippen molar-refractivity contribution in [2.75, 3.05) is 9.80 Å². The Balaban J connectivity index is 1.34. The van der Waals surface area contributed by atoms with Crippen molar-refractivity contribution in [2.24, 2.45) is 11.8 Å². The van der Waals surface area contributed by atoms with Crippen LogP contribution in [0, 0.1) is 11.8 Å². The van der Waals surface area contributed by atoms with Crippen molar-refractivity contribution in [3.8, 4) is 0 Å². The number of halogens is 6. The summed E-state index contributed by atoms with van der Waals surface area (Å²) in [5.74, 6) is -3.82. The van der Waals surface area contributed by atoms with E-state index in [1.807, 2.05) is 48.5 Å². The molecule has 4 saturated heterocycles. The number of benzene rings is 4. The molecule has 0 N–H and O–H groups in total. The molecule has 242 valence electrons. The summed E-state index contributed by atoms with van der Waals surface area (Å²) in [6, 6.07) is 20.2. The van der Waals surface area contributed by atoms with E-state index in [2.05, 4.69) is 31.9 Å². The molecule has 0 spiro atoms. The molecule has 0 aliphatic carbocycles. The van der Waals surface area contributed by atoms with Gasteiger partial charge in [-0.1, -0.05) is 103 Å². The van der Waals surface area contributed by atoms with Crippen LogP contribution in [0.25, 0.3) is 0 Å². The Bertz CT molecular complexity index is 1880. The zero-order valence-corrected chi connectivity index (χ0v) is 30.4. The molecule has 0 bridgehead atoms. The van der Waals surface area contributed by atoms with E-state index in [1.54, 1.807) is 10.0 Å². The predicted molar refractivity (Wildman–Crippen MR) is 190 cm³/mol. The van der Waals surface area contributed by atoms with E-state index in [0.717, 1.165) is 18.7 Å². The second-order valence-electron chi connectivity index (χ2n) is 12.0. The summed E-state index contributed by atoms with van der Waals surface area (Å²) in [5.41, 5.74) is 1.88. The number of rotatable bonds is 4. The lowest BCUT2D eigenvalue weighted by Gasteiger charge is -2.35. The van der Waals surface area contributed by atoms with Crippen LogP contribution in [0.2, 0.25) is 20.1 Å². The average molecular weight is 850 g/mol. The van der Waals surface area contributed by atoms with Gasteiger partial charge in [0, 0.05) is 29.0 Å². The molecule has 0 saturated carbocycles. The zero-order chi connectivity index (χ0) is 33.8. The van der Waals surface area contributed by atoms with Crippen LogP contribution in [0.4, 0.5) is 11.4 Å². The highest BCUT2D eigenvalue weighted by Crippen LogP contribution is 2.60. The van der Waals surface area contributed by atoms with Crippen LogP contribution in [0.15, 0.2) is 93.9 Å². The fourth-order valence-electron chi connectivity index (χ4n) is 7.66. The Morgan fingerprint density at radius 2 is 0.750 bits per heavy atom. The summed E-state index contributed by atoms with van der Waals surface area (Å²) in [5, 5.41) is 4.65. The van der Waals surface area contributed by atoms with Crippen LogP contribution >= 0.6 is 78.3 Å². The van der Waals surface area contributed by atoms with Crippen molar-refractivity contribution in [1.29, 1.82) is 0 Å². The number of carbonyl (C=O) groups excluding carboxylic acids is 4. The van der Waals surface area contributed by atoms with E-state index >= 15 is 0 Å². The molecular formula is C34H20Br2Cl4N4O4. The maximum absolute atomic E-state index is 14.6. The van der Waals surface area contributed by atoms with Crippen molar-refractivity contribution in [3.05, 3.63) is 125 Å². The number of anilines is 2. The molecule has 4 aliphatic heterocycles. The molecule has 0 aromatic heterocycles. The molecule has 6 atom stereocenters. The van der Waals surface area contributed by atoms with Gasteiger partial charge in [-0.15, -0.1) is 0 Å². The molecule has 48 heavy (non-hydrogen) atoms. The van der Waals surface area contributed by atoms with Gasteiger partial charge in [-0.25, -0.2) is 19.8 Å². The standard InChI is InChI=1S/C34H20Br2Cl4N4O4/c35-17-5-1-15(2-6-17)27-25-29(33(47)41(31(25)45)23-11-19(37)9-20(38)12-23)44-28(16-3-7-18(36)8-4-16)26-30(43(27)44)34(48)42(32(26)46)24-13-21(39)10-22(40)14-24/h1-14,25-30H. The van der Waals surface area contributed by atoms with Gasteiger partial charge < -0.3 is 0 Å². The molecule has 6 unspecified atom stereocenters. The highest BCUT2D eigenvalue weighted by molar-refractivity contribution is 9.10. The van der Waals surface area contributed by atoms with Crippen molar-refractivity contribution in [1.82, 2.24) is 10.0 Å². The van der Waals surface area contributed by atoms with Gasteiger partial charge in [-0.2, -0.15) is 0 Å². The third-order valence-electron chi connectivity index (χ3n) is 9.36. The smallest absolute Gasteiger partial charge is 0.253 e. The van der Waals surface area contributed by atoms with Gasteiger partial charge >= 0.3 is 0 Å². The molecule has 0 radical (unpaired) electrons. The maximum Gasteiger partial charge on any atom is 0.253 e. The molecule has 14 heteroatoms. The van der Waals surface area contributed by atoms with E-state index in [9.17, 15) is 19.2 Å². The molecule has 4 amide bonds. The number of amides is 4. The minimum absolute atomic E-state index is 0.244. The average Bonchev–Trinajstić information content (AvgIpc) is 3.68. The number of hydrazine groups is 1. The van der Waals surface area contributed by atoms with Crippen molar-refractivity contribution >= 4 is 113 Å². The number of nitrogens with zero attached hydrogens (tertiary/aromatic N) is 4. The first-order chi connectivity index (χ1) is 22.9. The third kappa shape index (κ3) is 4.91. The van der Waals surface area contributed by atoms with E-state index in [1.165, 1.54) is 36.4 Å². The van der Waals surface area contributed by atoms with Crippen LogP contribution in [0.1, 0.15) is 23.2 Å². The van der Waals surface area contributed by atoms with Gasteiger partial charge in [0.25, 0.3) is 11.8 Å². The van der Waals surface area contributed by atoms with Crippen LogP contribution in [0.3, 0.4) is 0 Å². The Morgan fingerprint density at radius 3 is 1.06 bits per heavy atom. The van der Waals surface area contributed by atoms with Crippen LogP contribution in [0.5, 0.6) is 0 Å². The summed E-state index contributed by atoms with van der Waals surface area (Å²) in [7, 11) is 0. The lowest BCUT2D eigenvalue weighted by molar-refractivity contribution is -0.136.